The van der Waals surface area contributed by atoms with Crippen molar-refractivity contribution in [3.05, 3.63) is 58.8 Å². The molecule has 2 saturated heterocycles. The monoisotopic (exact) mass is 538 g/mol. The number of likely N-dealkylation sites (tertiary alicyclic amines) is 1. The van der Waals surface area contributed by atoms with Crippen LogP contribution in [0.15, 0.2) is 47.0 Å². The van der Waals surface area contributed by atoms with E-state index in [0.717, 1.165) is 37.7 Å². The molecule has 3 amide bonds. The minimum Gasteiger partial charge on any atom is -0.360 e. The number of aryl methyl sites for hydroxylation is 1. The molecule has 2 aromatic rings. The Kier molecular flexibility index (Phi) is 6.11. The molecule has 0 unspecified atom stereocenters. The predicted molar refractivity (Wildman–Crippen MR) is 139 cm³/mol. The lowest BCUT2D eigenvalue weighted by molar-refractivity contribution is -0.145. The molecule has 1 saturated carbocycles. The number of nitrogens with zero attached hydrogens (tertiary/aromatic N) is 2. The number of hydrogen-bond donors (Lipinski definition) is 2. The van der Waals surface area contributed by atoms with Gasteiger partial charge in [0.25, 0.3) is 0 Å². The molecule has 5 atom stereocenters. The van der Waals surface area contributed by atoms with Crippen molar-refractivity contribution in [2.45, 2.75) is 75.8 Å². The number of amides is 3. The molecular formula is C28H31ClN4O5. The molecule has 200 valence electrons. The van der Waals surface area contributed by atoms with Crippen molar-refractivity contribution >= 4 is 35.1 Å². The van der Waals surface area contributed by atoms with Gasteiger partial charge in [0.15, 0.2) is 5.82 Å². The highest BCUT2D eigenvalue weighted by atomic mass is 35.5. The number of fused-ring (bicyclic) bond motifs is 1. The molecule has 2 N–H and O–H groups in total. The second kappa shape index (κ2) is 9.24. The van der Waals surface area contributed by atoms with Gasteiger partial charge in [-0.2, -0.15) is 0 Å². The fraction of sp³-hybridized carbons (Fsp3) is 0.500. The average molecular weight is 539 g/mol. The summed E-state index contributed by atoms with van der Waals surface area (Å²) in [6, 6.07) is 7.95. The zero-order valence-corrected chi connectivity index (χ0v) is 22.2. The van der Waals surface area contributed by atoms with Crippen LogP contribution in [-0.4, -0.2) is 51.1 Å². The van der Waals surface area contributed by atoms with Gasteiger partial charge in [-0.3, -0.25) is 14.4 Å². The summed E-state index contributed by atoms with van der Waals surface area (Å²) in [5, 5.41) is 10.4. The first-order valence-corrected chi connectivity index (χ1v) is 13.6. The van der Waals surface area contributed by atoms with Crippen molar-refractivity contribution in [2.75, 3.05) is 5.32 Å². The van der Waals surface area contributed by atoms with Crippen molar-refractivity contribution < 1.29 is 23.6 Å². The number of aromatic nitrogens is 1. The highest BCUT2D eigenvalue weighted by molar-refractivity contribution is 6.30. The third kappa shape index (κ3) is 4.03. The summed E-state index contributed by atoms with van der Waals surface area (Å²) < 4.78 is 11.7. The number of carbonyl (C=O) groups is 3. The maximum atomic E-state index is 14.2. The van der Waals surface area contributed by atoms with Gasteiger partial charge < -0.3 is 24.8 Å². The van der Waals surface area contributed by atoms with E-state index >= 15 is 0 Å². The molecule has 1 aromatic carbocycles. The van der Waals surface area contributed by atoms with Gasteiger partial charge >= 0.3 is 0 Å². The molecule has 6 rings (SSSR count). The molecule has 2 bridgehead atoms. The summed E-state index contributed by atoms with van der Waals surface area (Å²) in [5.41, 5.74) is -1.46. The Bertz CT molecular complexity index is 1300. The maximum Gasteiger partial charge on any atom is 0.246 e. The summed E-state index contributed by atoms with van der Waals surface area (Å²) >= 11 is 6.08. The summed E-state index contributed by atoms with van der Waals surface area (Å²) in [5.74, 6) is -1.82. The van der Waals surface area contributed by atoms with Gasteiger partial charge in [0.2, 0.25) is 17.7 Å². The highest BCUT2D eigenvalue weighted by Gasteiger charge is 2.76. The number of benzene rings is 1. The molecule has 4 aliphatic rings. The number of carbonyl (C=O) groups excluding carboxylic acids is 3. The van der Waals surface area contributed by atoms with Gasteiger partial charge in [-0.15, -0.1) is 0 Å². The third-order valence-corrected chi connectivity index (χ3v) is 8.68. The summed E-state index contributed by atoms with van der Waals surface area (Å²) in [6.45, 7) is 3.72. The summed E-state index contributed by atoms with van der Waals surface area (Å²) in [6.07, 6.45) is 8.76. The van der Waals surface area contributed by atoms with Crippen LogP contribution in [-0.2, 0) is 25.7 Å². The minimum atomic E-state index is -1.25. The largest absolute Gasteiger partial charge is 0.360 e. The van der Waals surface area contributed by atoms with Crippen LogP contribution < -0.4 is 10.6 Å². The molecule has 0 radical (unpaired) electrons. The SMILES string of the molecule is Cc1cc(NC(=O)[C@@H]2[C@@H]3C(=O)N(Cc4ccc(Cl)cc4)[C@@H](C(=O)NC4CCCCC4)[C@@]34C=C[C@@]2(C)O4)no1. The number of ether oxygens (including phenoxy) is 1. The van der Waals surface area contributed by atoms with Crippen LogP contribution in [0.25, 0.3) is 0 Å². The van der Waals surface area contributed by atoms with Crippen molar-refractivity contribution in [1.82, 2.24) is 15.4 Å². The van der Waals surface area contributed by atoms with Crippen LogP contribution in [0.2, 0.25) is 5.02 Å². The third-order valence-electron chi connectivity index (χ3n) is 8.42. The number of rotatable bonds is 6. The maximum absolute atomic E-state index is 14.2. The zero-order valence-electron chi connectivity index (χ0n) is 21.4. The van der Waals surface area contributed by atoms with E-state index < -0.39 is 35.0 Å². The molecule has 3 fully saturated rings. The number of halogens is 1. The first-order valence-electron chi connectivity index (χ1n) is 13.2. The molecule has 3 aliphatic heterocycles. The Morgan fingerprint density at radius 3 is 2.55 bits per heavy atom. The van der Waals surface area contributed by atoms with Crippen molar-refractivity contribution in [1.29, 1.82) is 0 Å². The van der Waals surface area contributed by atoms with Gasteiger partial charge in [-0.05, 0) is 44.4 Å². The van der Waals surface area contributed by atoms with E-state index in [2.05, 4.69) is 15.8 Å². The lowest BCUT2D eigenvalue weighted by Gasteiger charge is -2.34. The number of nitrogens with one attached hydrogen (secondary N) is 2. The van der Waals surface area contributed by atoms with E-state index in [1.165, 1.54) is 0 Å². The lowest BCUT2D eigenvalue weighted by atomic mass is 9.70. The Morgan fingerprint density at radius 1 is 1.13 bits per heavy atom. The van der Waals surface area contributed by atoms with Crippen molar-refractivity contribution in [3.8, 4) is 0 Å². The molecule has 10 heteroatoms. The van der Waals surface area contributed by atoms with Gasteiger partial charge in [0.1, 0.15) is 17.4 Å². The smallest absolute Gasteiger partial charge is 0.246 e. The van der Waals surface area contributed by atoms with Crippen molar-refractivity contribution in [2.24, 2.45) is 11.8 Å². The van der Waals surface area contributed by atoms with E-state index in [4.69, 9.17) is 20.9 Å². The molecule has 1 aromatic heterocycles. The van der Waals surface area contributed by atoms with Crippen LogP contribution in [0.3, 0.4) is 0 Å². The molecule has 9 nitrogen and oxygen atoms in total. The molecule has 38 heavy (non-hydrogen) atoms. The van der Waals surface area contributed by atoms with Crippen LogP contribution >= 0.6 is 11.6 Å². The normalized spacial score (nSPS) is 32.0. The predicted octanol–water partition coefficient (Wildman–Crippen LogP) is 3.76. The molecular weight excluding hydrogens is 508 g/mol. The van der Waals surface area contributed by atoms with Gasteiger partial charge in [0, 0.05) is 23.7 Å². The van der Waals surface area contributed by atoms with E-state index in [1.807, 2.05) is 24.3 Å². The van der Waals surface area contributed by atoms with Gasteiger partial charge in [-0.1, -0.05) is 60.3 Å². The second-order valence-corrected chi connectivity index (χ2v) is 11.5. The molecule has 1 spiro atoms. The lowest BCUT2D eigenvalue weighted by Crippen LogP contribution is -2.56. The topological polar surface area (TPSA) is 114 Å². The Hall–Kier alpha value is -3.17. The zero-order chi connectivity index (χ0) is 26.7. The Labute approximate surface area is 225 Å². The fourth-order valence-corrected chi connectivity index (χ4v) is 6.87. The average Bonchev–Trinajstić information content (AvgIpc) is 3.58. The molecule has 1 aliphatic carbocycles. The summed E-state index contributed by atoms with van der Waals surface area (Å²) in [7, 11) is 0. The van der Waals surface area contributed by atoms with Gasteiger partial charge in [-0.25, -0.2) is 0 Å². The summed E-state index contributed by atoms with van der Waals surface area (Å²) in [4.78, 5) is 43.3. The Balaban J connectivity index is 1.35. The van der Waals surface area contributed by atoms with E-state index in [-0.39, 0.29) is 30.2 Å². The van der Waals surface area contributed by atoms with Crippen LogP contribution in [0.5, 0.6) is 0 Å². The first-order chi connectivity index (χ1) is 18.2. The molecule has 4 heterocycles. The van der Waals surface area contributed by atoms with Crippen molar-refractivity contribution in [3.63, 3.8) is 0 Å². The van der Waals surface area contributed by atoms with E-state index in [9.17, 15) is 14.4 Å². The van der Waals surface area contributed by atoms with Crippen LogP contribution in [0.1, 0.15) is 50.4 Å². The number of hydrogen-bond acceptors (Lipinski definition) is 6. The Morgan fingerprint density at radius 2 is 1.87 bits per heavy atom. The quantitative estimate of drug-likeness (QED) is 0.541. The standard InChI is InChI=1S/C28H31ClN4O5/c1-16-14-20(32-37-16)31-24(34)21-22-26(36)33(15-17-8-10-18(29)11-9-17)23(28(22)13-12-27(21,2)38-28)25(35)30-19-6-4-3-5-7-19/h8-14,19,21-23H,3-7,15H2,1-2H3,(H,30,35)(H,31,32,34)/t21-,22+,23-,27+,28+/m0/s1. The van der Waals surface area contributed by atoms with Gasteiger partial charge in [0.05, 0.1) is 17.4 Å². The van der Waals surface area contributed by atoms with E-state index in [1.54, 1.807) is 36.9 Å². The first kappa shape index (κ1) is 25.1. The minimum absolute atomic E-state index is 0.0619. The second-order valence-electron chi connectivity index (χ2n) is 11.1. The van der Waals surface area contributed by atoms with Crippen LogP contribution in [0, 0.1) is 18.8 Å². The van der Waals surface area contributed by atoms with Crippen LogP contribution in [0.4, 0.5) is 5.82 Å². The fourth-order valence-electron chi connectivity index (χ4n) is 6.74. The highest BCUT2D eigenvalue weighted by Crippen LogP contribution is 2.60. The van der Waals surface area contributed by atoms with E-state index in [0.29, 0.717) is 10.8 Å². The number of anilines is 1.